The minimum Gasteiger partial charge on any atom is -0.346 e. The summed E-state index contributed by atoms with van der Waals surface area (Å²) in [6.07, 6.45) is 4.25. The first kappa shape index (κ1) is 15.4. The third kappa shape index (κ3) is 2.87. The highest BCUT2D eigenvalue weighted by Crippen LogP contribution is 2.13. The summed E-state index contributed by atoms with van der Waals surface area (Å²) >= 11 is 0. The number of aromatic nitrogens is 4. The van der Waals surface area contributed by atoms with Gasteiger partial charge in [0, 0.05) is 31.2 Å². The molecule has 4 aromatic rings. The van der Waals surface area contributed by atoms with E-state index in [9.17, 15) is 4.79 Å². The molecule has 0 saturated carbocycles. The number of pyridine rings is 1. The van der Waals surface area contributed by atoms with Crippen LogP contribution in [0.3, 0.4) is 0 Å². The molecule has 0 atom stereocenters. The SMILES string of the molecule is Cc1ccccc1Cc1noc(Cn2ccc3ccn(C)c3c2=O)n1. The van der Waals surface area contributed by atoms with Crippen molar-refractivity contribution in [2.75, 3.05) is 0 Å². The van der Waals surface area contributed by atoms with Gasteiger partial charge in [-0.1, -0.05) is 29.4 Å². The lowest BCUT2D eigenvalue weighted by atomic mass is 10.1. The monoisotopic (exact) mass is 334 g/mol. The van der Waals surface area contributed by atoms with Gasteiger partial charge in [-0.3, -0.25) is 4.79 Å². The summed E-state index contributed by atoms with van der Waals surface area (Å²) in [5.41, 5.74) is 2.96. The van der Waals surface area contributed by atoms with Crippen LogP contribution < -0.4 is 5.56 Å². The zero-order valence-corrected chi connectivity index (χ0v) is 14.1. The van der Waals surface area contributed by atoms with Gasteiger partial charge < -0.3 is 13.7 Å². The summed E-state index contributed by atoms with van der Waals surface area (Å²) in [5.74, 6) is 1.05. The Morgan fingerprint density at radius 3 is 2.76 bits per heavy atom. The number of hydrogen-bond donors (Lipinski definition) is 0. The maximum absolute atomic E-state index is 12.6. The number of aryl methyl sites for hydroxylation is 2. The van der Waals surface area contributed by atoms with Gasteiger partial charge in [0.2, 0.25) is 5.89 Å². The fourth-order valence-electron chi connectivity index (χ4n) is 3.01. The summed E-state index contributed by atoms with van der Waals surface area (Å²) in [7, 11) is 1.86. The molecule has 6 nitrogen and oxygen atoms in total. The van der Waals surface area contributed by atoms with Crippen LogP contribution in [0.15, 0.2) is 58.1 Å². The molecule has 0 fully saturated rings. The van der Waals surface area contributed by atoms with Gasteiger partial charge >= 0.3 is 0 Å². The second-order valence-electron chi connectivity index (χ2n) is 6.19. The van der Waals surface area contributed by atoms with Crippen LogP contribution in [-0.2, 0) is 20.0 Å². The quantitative estimate of drug-likeness (QED) is 0.575. The molecule has 126 valence electrons. The lowest BCUT2D eigenvalue weighted by Crippen LogP contribution is -2.21. The summed E-state index contributed by atoms with van der Waals surface area (Å²) in [6.45, 7) is 2.33. The first-order valence-electron chi connectivity index (χ1n) is 8.12. The van der Waals surface area contributed by atoms with Crippen molar-refractivity contribution in [1.29, 1.82) is 0 Å². The third-order valence-electron chi connectivity index (χ3n) is 4.43. The van der Waals surface area contributed by atoms with Crippen LogP contribution in [0.4, 0.5) is 0 Å². The van der Waals surface area contributed by atoms with Crippen LogP contribution in [-0.4, -0.2) is 19.3 Å². The van der Waals surface area contributed by atoms with Crippen molar-refractivity contribution < 1.29 is 4.52 Å². The minimum absolute atomic E-state index is 0.0661. The zero-order chi connectivity index (χ0) is 17.4. The number of benzene rings is 1. The Balaban J connectivity index is 1.59. The highest BCUT2D eigenvalue weighted by molar-refractivity contribution is 5.78. The van der Waals surface area contributed by atoms with E-state index in [0.717, 1.165) is 10.9 Å². The fourth-order valence-corrected chi connectivity index (χ4v) is 3.01. The van der Waals surface area contributed by atoms with Crippen LogP contribution in [0.25, 0.3) is 10.9 Å². The highest BCUT2D eigenvalue weighted by Gasteiger charge is 2.12. The maximum Gasteiger partial charge on any atom is 0.275 e. The highest BCUT2D eigenvalue weighted by atomic mass is 16.5. The van der Waals surface area contributed by atoms with Crippen molar-refractivity contribution in [1.82, 2.24) is 19.3 Å². The Hall–Kier alpha value is -3.15. The molecule has 4 rings (SSSR count). The van der Waals surface area contributed by atoms with E-state index in [2.05, 4.69) is 29.2 Å². The molecule has 3 heterocycles. The third-order valence-corrected chi connectivity index (χ3v) is 4.43. The van der Waals surface area contributed by atoms with Crippen LogP contribution >= 0.6 is 0 Å². The molecule has 25 heavy (non-hydrogen) atoms. The molecule has 0 N–H and O–H groups in total. The molecule has 0 saturated heterocycles. The van der Waals surface area contributed by atoms with Crippen LogP contribution in [0.1, 0.15) is 22.8 Å². The Morgan fingerprint density at radius 2 is 1.92 bits per heavy atom. The first-order chi connectivity index (χ1) is 12.1. The molecular formula is C19H18N4O2. The van der Waals surface area contributed by atoms with Crippen molar-refractivity contribution in [3.8, 4) is 0 Å². The van der Waals surface area contributed by atoms with Crippen LogP contribution in [0.2, 0.25) is 0 Å². The van der Waals surface area contributed by atoms with Gasteiger partial charge in [-0.15, -0.1) is 0 Å². The van der Waals surface area contributed by atoms with Crippen LogP contribution in [0, 0.1) is 6.92 Å². The van der Waals surface area contributed by atoms with E-state index in [0.29, 0.717) is 23.7 Å². The van der Waals surface area contributed by atoms with Gasteiger partial charge in [0.1, 0.15) is 12.1 Å². The van der Waals surface area contributed by atoms with Gasteiger partial charge in [-0.2, -0.15) is 4.98 Å². The molecule has 0 amide bonds. The molecule has 0 radical (unpaired) electrons. The summed E-state index contributed by atoms with van der Waals surface area (Å²) in [6, 6.07) is 12.0. The average Bonchev–Trinajstić information content (AvgIpc) is 3.19. The zero-order valence-electron chi connectivity index (χ0n) is 14.1. The predicted octanol–water partition coefficient (Wildman–Crippen LogP) is 2.67. The van der Waals surface area contributed by atoms with Gasteiger partial charge in [-0.05, 0) is 30.2 Å². The molecule has 0 unspecified atom stereocenters. The summed E-state index contributed by atoms with van der Waals surface area (Å²) in [4.78, 5) is 17.0. The Morgan fingerprint density at radius 1 is 1.12 bits per heavy atom. The maximum atomic E-state index is 12.6. The summed E-state index contributed by atoms with van der Waals surface area (Å²) < 4.78 is 8.75. The van der Waals surface area contributed by atoms with Gasteiger partial charge in [0.05, 0.1) is 0 Å². The second-order valence-corrected chi connectivity index (χ2v) is 6.19. The lowest BCUT2D eigenvalue weighted by molar-refractivity contribution is 0.365. The molecule has 0 spiro atoms. The Bertz CT molecular complexity index is 1100. The van der Waals surface area contributed by atoms with Crippen molar-refractivity contribution >= 4 is 10.9 Å². The van der Waals surface area contributed by atoms with Gasteiger partial charge in [-0.25, -0.2) is 0 Å². The lowest BCUT2D eigenvalue weighted by Gasteiger charge is -2.03. The van der Waals surface area contributed by atoms with E-state index in [4.69, 9.17) is 4.52 Å². The van der Waals surface area contributed by atoms with E-state index in [1.54, 1.807) is 10.8 Å². The first-order valence-corrected chi connectivity index (χ1v) is 8.12. The number of fused-ring (bicyclic) bond motifs is 1. The largest absolute Gasteiger partial charge is 0.346 e. The molecule has 6 heteroatoms. The summed E-state index contributed by atoms with van der Waals surface area (Å²) in [5, 5.41) is 4.97. The van der Waals surface area contributed by atoms with Gasteiger partial charge in [0.25, 0.3) is 5.56 Å². The van der Waals surface area contributed by atoms with Crippen molar-refractivity contribution in [2.45, 2.75) is 19.9 Å². The Labute approximate surface area is 144 Å². The smallest absolute Gasteiger partial charge is 0.275 e. The normalized spacial score (nSPS) is 11.3. The molecule has 0 aliphatic carbocycles. The van der Waals surface area contributed by atoms with E-state index < -0.39 is 0 Å². The van der Waals surface area contributed by atoms with E-state index in [1.165, 1.54) is 5.56 Å². The fraction of sp³-hybridized carbons (Fsp3) is 0.211. The van der Waals surface area contributed by atoms with Crippen molar-refractivity contribution in [3.63, 3.8) is 0 Å². The molecule has 1 aromatic carbocycles. The molecule has 0 aliphatic rings. The van der Waals surface area contributed by atoms with Crippen LogP contribution in [0.5, 0.6) is 0 Å². The number of hydrogen-bond acceptors (Lipinski definition) is 4. The minimum atomic E-state index is -0.0661. The topological polar surface area (TPSA) is 65.8 Å². The van der Waals surface area contributed by atoms with E-state index in [-0.39, 0.29) is 12.1 Å². The standard InChI is InChI=1S/C19H18N4O2/c1-13-5-3-4-6-15(13)11-16-20-17(25-21-16)12-23-10-8-14-7-9-22(2)18(14)19(23)24/h3-10H,11-12H2,1-2H3. The molecule has 0 bridgehead atoms. The number of rotatable bonds is 4. The van der Waals surface area contributed by atoms with Crippen molar-refractivity contribution in [2.24, 2.45) is 7.05 Å². The van der Waals surface area contributed by atoms with Crippen molar-refractivity contribution in [3.05, 3.63) is 82.0 Å². The number of nitrogens with zero attached hydrogens (tertiary/aromatic N) is 4. The predicted molar refractivity (Wildman–Crippen MR) is 94.6 cm³/mol. The molecule has 3 aromatic heterocycles. The Kier molecular flexibility index (Phi) is 3.72. The molecular weight excluding hydrogens is 316 g/mol. The average molecular weight is 334 g/mol. The molecule has 0 aliphatic heterocycles. The second kappa shape index (κ2) is 6.05. The van der Waals surface area contributed by atoms with E-state index in [1.807, 2.05) is 42.1 Å². The van der Waals surface area contributed by atoms with E-state index >= 15 is 0 Å². The van der Waals surface area contributed by atoms with Gasteiger partial charge in [0.15, 0.2) is 5.82 Å².